The molecule has 0 N–H and O–H groups in total. The molecule has 0 aromatic rings. The average Bonchev–Trinajstić information content (AvgIpc) is 2.28. The summed E-state index contributed by atoms with van der Waals surface area (Å²) in [6.07, 6.45) is 3.18. The van der Waals surface area contributed by atoms with Crippen molar-refractivity contribution in [2.45, 2.75) is 40.5 Å². The summed E-state index contributed by atoms with van der Waals surface area (Å²) >= 11 is 0. The van der Waals surface area contributed by atoms with E-state index < -0.39 is 9.28 Å². The molecule has 92 valence electrons. The number of nitrogens with zero attached hydrogens (tertiary/aromatic N) is 1. The quantitative estimate of drug-likeness (QED) is 0.538. The van der Waals surface area contributed by atoms with Crippen LogP contribution in [0.5, 0.6) is 0 Å². The van der Waals surface area contributed by atoms with E-state index in [1.54, 1.807) is 0 Å². The Morgan fingerprint density at radius 3 is 1.67 bits per heavy atom. The van der Waals surface area contributed by atoms with Crippen molar-refractivity contribution in [1.29, 1.82) is 0 Å². The Hall–Kier alpha value is 0.0969. The zero-order chi connectivity index (χ0) is 11.5. The predicted molar refractivity (Wildman–Crippen MR) is 67.4 cm³/mol. The van der Waals surface area contributed by atoms with Gasteiger partial charge in [-0.05, 0) is 25.9 Å². The normalized spacial score (nSPS) is 11.6. The molecule has 0 rings (SSSR count). The average molecular weight is 233 g/mol. The van der Waals surface area contributed by atoms with E-state index in [4.69, 9.17) is 8.85 Å². The van der Waals surface area contributed by atoms with Crippen molar-refractivity contribution < 1.29 is 8.85 Å². The number of hydrogen-bond acceptors (Lipinski definition) is 3. The van der Waals surface area contributed by atoms with Crippen LogP contribution in [0.1, 0.15) is 40.5 Å². The highest BCUT2D eigenvalue weighted by atomic mass is 28.3. The van der Waals surface area contributed by atoms with Crippen LogP contribution in [0.3, 0.4) is 0 Å². The van der Waals surface area contributed by atoms with Crippen molar-refractivity contribution in [3.8, 4) is 0 Å². The molecule has 0 bridgehead atoms. The molecule has 0 aliphatic heterocycles. The molecule has 0 saturated carbocycles. The van der Waals surface area contributed by atoms with E-state index in [0.717, 1.165) is 45.3 Å². The zero-order valence-corrected chi connectivity index (χ0v) is 11.9. The first-order valence-electron chi connectivity index (χ1n) is 6.23. The maximum Gasteiger partial charge on any atom is 0.335 e. The minimum atomic E-state index is -1.44. The van der Waals surface area contributed by atoms with Crippen molar-refractivity contribution in [3.63, 3.8) is 0 Å². The van der Waals surface area contributed by atoms with Gasteiger partial charge < -0.3 is 13.8 Å². The summed E-state index contributed by atoms with van der Waals surface area (Å²) in [5, 5.41) is 0. The molecular formula is C11H27NO2Si. The molecule has 0 amide bonds. The fourth-order valence-corrected chi connectivity index (χ4v) is 3.59. The summed E-state index contributed by atoms with van der Waals surface area (Å²) in [7, 11) is -1.44. The second kappa shape index (κ2) is 10.6. The van der Waals surface area contributed by atoms with Gasteiger partial charge in [0.05, 0.1) is 0 Å². The molecule has 0 aliphatic carbocycles. The van der Waals surface area contributed by atoms with Crippen molar-refractivity contribution in [2.75, 3.05) is 32.5 Å². The largest absolute Gasteiger partial charge is 0.396 e. The molecule has 0 unspecified atom stereocenters. The molecule has 0 saturated heterocycles. The minimum Gasteiger partial charge on any atom is -0.396 e. The maximum absolute atomic E-state index is 5.80. The van der Waals surface area contributed by atoms with Crippen LogP contribution in [-0.2, 0) is 8.85 Å². The van der Waals surface area contributed by atoms with Gasteiger partial charge in [-0.1, -0.05) is 27.7 Å². The Bertz CT molecular complexity index is 124. The Kier molecular flexibility index (Phi) is 10.7. The summed E-state index contributed by atoms with van der Waals surface area (Å²) in [6, 6.07) is 0. The van der Waals surface area contributed by atoms with E-state index in [1.807, 2.05) is 0 Å². The molecule has 0 atom stereocenters. The van der Waals surface area contributed by atoms with Crippen LogP contribution in [0.4, 0.5) is 0 Å². The van der Waals surface area contributed by atoms with E-state index >= 15 is 0 Å². The third kappa shape index (κ3) is 7.96. The van der Waals surface area contributed by atoms with Gasteiger partial charge in [-0.2, -0.15) is 0 Å². The highest BCUT2D eigenvalue weighted by molar-refractivity contribution is 6.44. The van der Waals surface area contributed by atoms with Crippen LogP contribution in [0.15, 0.2) is 0 Å². The van der Waals surface area contributed by atoms with Gasteiger partial charge in [0, 0.05) is 19.4 Å². The van der Waals surface area contributed by atoms with Crippen LogP contribution in [0.2, 0.25) is 0 Å². The number of rotatable bonds is 10. The van der Waals surface area contributed by atoms with Crippen molar-refractivity contribution in [2.24, 2.45) is 0 Å². The molecule has 4 heteroatoms. The maximum atomic E-state index is 5.80. The first kappa shape index (κ1) is 15.1. The van der Waals surface area contributed by atoms with Crippen molar-refractivity contribution >= 4 is 9.28 Å². The summed E-state index contributed by atoms with van der Waals surface area (Å²) in [4.78, 5) is 2.39. The first-order valence-corrected chi connectivity index (χ1v) is 7.99. The lowest BCUT2D eigenvalue weighted by atomic mass is 10.5. The Morgan fingerprint density at radius 2 is 1.33 bits per heavy atom. The monoisotopic (exact) mass is 233 g/mol. The van der Waals surface area contributed by atoms with Gasteiger partial charge in [-0.3, -0.25) is 0 Å². The topological polar surface area (TPSA) is 21.7 Å². The predicted octanol–water partition coefficient (Wildman–Crippen LogP) is 1.94. The lowest BCUT2D eigenvalue weighted by Crippen LogP contribution is -2.39. The minimum absolute atomic E-state index is 0.849. The Balaban J connectivity index is 3.86. The van der Waals surface area contributed by atoms with Gasteiger partial charge in [0.25, 0.3) is 0 Å². The Labute approximate surface area is 96.6 Å². The summed E-state index contributed by atoms with van der Waals surface area (Å²) in [6.45, 7) is 12.5. The van der Waals surface area contributed by atoms with Crippen LogP contribution >= 0.6 is 0 Å². The van der Waals surface area contributed by atoms with E-state index in [2.05, 4.69) is 32.6 Å². The van der Waals surface area contributed by atoms with Crippen LogP contribution < -0.4 is 0 Å². The smallest absolute Gasteiger partial charge is 0.335 e. The van der Waals surface area contributed by atoms with Crippen molar-refractivity contribution in [3.05, 3.63) is 0 Å². The van der Waals surface area contributed by atoms with Crippen LogP contribution in [0, 0.1) is 0 Å². The molecule has 3 nitrogen and oxygen atoms in total. The zero-order valence-electron chi connectivity index (χ0n) is 10.8. The molecule has 0 aliphatic rings. The van der Waals surface area contributed by atoms with Gasteiger partial charge in [-0.25, -0.2) is 0 Å². The molecule has 0 radical (unpaired) electrons. The van der Waals surface area contributed by atoms with E-state index in [1.165, 1.54) is 0 Å². The SMILES string of the molecule is CCCO[SiH](CN(CC)CC)OCCC. The fraction of sp³-hybridized carbons (Fsp3) is 1.00. The highest BCUT2D eigenvalue weighted by Crippen LogP contribution is 1.98. The van der Waals surface area contributed by atoms with E-state index in [0.29, 0.717) is 0 Å². The van der Waals surface area contributed by atoms with Crippen molar-refractivity contribution in [1.82, 2.24) is 4.90 Å². The molecular weight excluding hydrogens is 206 g/mol. The van der Waals surface area contributed by atoms with Gasteiger partial charge in [0.1, 0.15) is 0 Å². The molecule has 15 heavy (non-hydrogen) atoms. The first-order chi connectivity index (χ1) is 7.28. The second-order valence-corrected chi connectivity index (χ2v) is 5.55. The van der Waals surface area contributed by atoms with Gasteiger partial charge >= 0.3 is 9.28 Å². The van der Waals surface area contributed by atoms with Crippen LogP contribution in [-0.4, -0.2) is 46.7 Å². The van der Waals surface area contributed by atoms with Crippen LogP contribution in [0.25, 0.3) is 0 Å². The lowest BCUT2D eigenvalue weighted by Gasteiger charge is -2.23. The Morgan fingerprint density at radius 1 is 0.867 bits per heavy atom. The molecule has 0 spiro atoms. The third-order valence-corrected chi connectivity index (χ3v) is 4.35. The number of hydrogen-bond donors (Lipinski definition) is 0. The third-order valence-electron chi connectivity index (χ3n) is 2.32. The lowest BCUT2D eigenvalue weighted by molar-refractivity contribution is 0.177. The summed E-state index contributed by atoms with van der Waals surface area (Å²) in [5.74, 6) is 0. The molecule has 0 aromatic heterocycles. The summed E-state index contributed by atoms with van der Waals surface area (Å²) < 4.78 is 11.6. The fourth-order valence-electron chi connectivity index (χ4n) is 1.34. The van der Waals surface area contributed by atoms with E-state index in [-0.39, 0.29) is 0 Å². The van der Waals surface area contributed by atoms with E-state index in [9.17, 15) is 0 Å². The van der Waals surface area contributed by atoms with Gasteiger partial charge in [0.2, 0.25) is 0 Å². The highest BCUT2D eigenvalue weighted by Gasteiger charge is 2.16. The second-order valence-electron chi connectivity index (χ2n) is 3.66. The molecule has 0 heterocycles. The van der Waals surface area contributed by atoms with Gasteiger partial charge in [0.15, 0.2) is 0 Å². The summed E-state index contributed by atoms with van der Waals surface area (Å²) in [5.41, 5.74) is 0. The molecule has 0 aromatic carbocycles. The standard InChI is InChI=1S/C11H27NO2Si/c1-5-9-13-15(14-10-6-2)11-12(7-3)8-4/h15H,5-11H2,1-4H3. The molecule has 0 fully saturated rings. The van der Waals surface area contributed by atoms with Gasteiger partial charge in [-0.15, -0.1) is 0 Å².